The summed E-state index contributed by atoms with van der Waals surface area (Å²) in [5, 5.41) is 3.14. The SMILES string of the molecule is CCCNC(=O)C(C)Oc1c(Cl)cc(CN)cc1OC. The first-order chi connectivity index (χ1) is 9.53. The molecule has 1 amide bonds. The van der Waals surface area contributed by atoms with Gasteiger partial charge in [0, 0.05) is 13.1 Å². The topological polar surface area (TPSA) is 73.6 Å². The van der Waals surface area contributed by atoms with E-state index in [9.17, 15) is 4.79 Å². The van der Waals surface area contributed by atoms with Gasteiger partial charge in [-0.2, -0.15) is 0 Å². The minimum Gasteiger partial charge on any atom is -0.493 e. The molecule has 0 saturated carbocycles. The van der Waals surface area contributed by atoms with Crippen molar-refractivity contribution in [1.82, 2.24) is 5.32 Å². The fourth-order valence-electron chi connectivity index (χ4n) is 1.63. The Bertz CT molecular complexity index is 466. The maximum absolute atomic E-state index is 11.8. The number of carbonyl (C=O) groups is 1. The number of nitrogens with two attached hydrogens (primary N) is 1. The molecule has 0 bridgehead atoms. The third kappa shape index (κ3) is 4.28. The molecule has 0 saturated heterocycles. The summed E-state index contributed by atoms with van der Waals surface area (Å²) in [6.45, 7) is 4.61. The summed E-state index contributed by atoms with van der Waals surface area (Å²) in [6.07, 6.45) is 0.213. The maximum atomic E-state index is 11.8. The van der Waals surface area contributed by atoms with Gasteiger partial charge in [-0.05, 0) is 31.0 Å². The van der Waals surface area contributed by atoms with Gasteiger partial charge in [0.15, 0.2) is 17.6 Å². The first-order valence-corrected chi connectivity index (χ1v) is 6.92. The molecule has 5 nitrogen and oxygen atoms in total. The van der Waals surface area contributed by atoms with Crippen molar-refractivity contribution in [3.05, 3.63) is 22.7 Å². The summed E-state index contributed by atoms with van der Waals surface area (Å²) in [4.78, 5) is 11.8. The van der Waals surface area contributed by atoms with Crippen LogP contribution in [0, 0.1) is 0 Å². The van der Waals surface area contributed by atoms with Crippen LogP contribution in [0.1, 0.15) is 25.8 Å². The summed E-state index contributed by atoms with van der Waals surface area (Å²) in [6, 6.07) is 3.45. The monoisotopic (exact) mass is 300 g/mol. The highest BCUT2D eigenvalue weighted by molar-refractivity contribution is 6.32. The highest BCUT2D eigenvalue weighted by atomic mass is 35.5. The molecule has 6 heteroatoms. The quantitative estimate of drug-likeness (QED) is 0.809. The molecule has 0 aliphatic carbocycles. The molecule has 112 valence electrons. The van der Waals surface area contributed by atoms with Crippen LogP contribution in [0.3, 0.4) is 0 Å². The first-order valence-electron chi connectivity index (χ1n) is 6.54. The van der Waals surface area contributed by atoms with Gasteiger partial charge in [-0.15, -0.1) is 0 Å². The van der Waals surface area contributed by atoms with Crippen LogP contribution in [-0.2, 0) is 11.3 Å². The second kappa shape index (κ2) is 7.97. The summed E-state index contributed by atoms with van der Waals surface area (Å²) in [7, 11) is 1.51. The molecule has 0 aliphatic rings. The molecule has 1 rings (SSSR count). The van der Waals surface area contributed by atoms with E-state index >= 15 is 0 Å². The highest BCUT2D eigenvalue weighted by Crippen LogP contribution is 2.37. The summed E-state index contributed by atoms with van der Waals surface area (Å²) in [5.41, 5.74) is 6.41. The van der Waals surface area contributed by atoms with Gasteiger partial charge in [0.2, 0.25) is 0 Å². The number of methoxy groups -OCH3 is 1. The van der Waals surface area contributed by atoms with Crippen LogP contribution in [0.4, 0.5) is 0 Å². The van der Waals surface area contributed by atoms with Crippen molar-refractivity contribution >= 4 is 17.5 Å². The first kappa shape index (κ1) is 16.6. The molecule has 1 atom stereocenters. The van der Waals surface area contributed by atoms with Gasteiger partial charge in [-0.25, -0.2) is 0 Å². The van der Waals surface area contributed by atoms with Crippen molar-refractivity contribution in [3.63, 3.8) is 0 Å². The van der Waals surface area contributed by atoms with Crippen LogP contribution < -0.4 is 20.5 Å². The Hall–Kier alpha value is -1.46. The summed E-state index contributed by atoms with van der Waals surface area (Å²) in [5.74, 6) is 0.631. The van der Waals surface area contributed by atoms with Gasteiger partial charge in [0.05, 0.1) is 12.1 Å². The number of halogens is 1. The highest BCUT2D eigenvalue weighted by Gasteiger charge is 2.19. The van der Waals surface area contributed by atoms with Crippen molar-refractivity contribution < 1.29 is 14.3 Å². The zero-order valence-electron chi connectivity index (χ0n) is 12.0. The lowest BCUT2D eigenvalue weighted by atomic mass is 10.2. The van der Waals surface area contributed by atoms with E-state index in [-0.39, 0.29) is 5.91 Å². The van der Waals surface area contributed by atoms with Gasteiger partial charge >= 0.3 is 0 Å². The molecule has 0 aromatic heterocycles. The van der Waals surface area contributed by atoms with E-state index in [0.29, 0.717) is 29.6 Å². The minimum absolute atomic E-state index is 0.187. The Morgan fingerprint density at radius 1 is 1.50 bits per heavy atom. The van der Waals surface area contributed by atoms with E-state index < -0.39 is 6.10 Å². The average Bonchev–Trinajstić information content (AvgIpc) is 2.46. The number of rotatable bonds is 7. The fourth-order valence-corrected chi connectivity index (χ4v) is 1.91. The van der Waals surface area contributed by atoms with Crippen LogP contribution >= 0.6 is 11.6 Å². The molecule has 1 aromatic rings. The van der Waals surface area contributed by atoms with Crippen LogP contribution in [-0.4, -0.2) is 25.7 Å². The smallest absolute Gasteiger partial charge is 0.260 e. The van der Waals surface area contributed by atoms with Crippen molar-refractivity contribution in [1.29, 1.82) is 0 Å². The van der Waals surface area contributed by atoms with Crippen LogP contribution in [0.15, 0.2) is 12.1 Å². The third-order valence-electron chi connectivity index (χ3n) is 2.74. The zero-order chi connectivity index (χ0) is 15.1. The van der Waals surface area contributed by atoms with Gasteiger partial charge in [0.1, 0.15) is 0 Å². The minimum atomic E-state index is -0.656. The van der Waals surface area contributed by atoms with Gasteiger partial charge in [0.25, 0.3) is 5.91 Å². The Balaban J connectivity index is 2.88. The second-order valence-electron chi connectivity index (χ2n) is 4.36. The lowest BCUT2D eigenvalue weighted by Crippen LogP contribution is -2.36. The molecule has 1 unspecified atom stereocenters. The van der Waals surface area contributed by atoms with Gasteiger partial charge in [-0.1, -0.05) is 18.5 Å². The largest absolute Gasteiger partial charge is 0.493 e. The Kier molecular flexibility index (Phi) is 6.61. The van der Waals surface area contributed by atoms with E-state index in [1.54, 1.807) is 19.1 Å². The normalized spacial score (nSPS) is 11.8. The number of hydrogen-bond acceptors (Lipinski definition) is 4. The van der Waals surface area contributed by atoms with E-state index in [2.05, 4.69) is 5.32 Å². The van der Waals surface area contributed by atoms with Crippen molar-refractivity contribution in [2.75, 3.05) is 13.7 Å². The fraction of sp³-hybridized carbons (Fsp3) is 0.500. The third-order valence-corrected chi connectivity index (χ3v) is 3.02. The summed E-state index contributed by atoms with van der Waals surface area (Å²) < 4.78 is 10.8. The zero-order valence-corrected chi connectivity index (χ0v) is 12.8. The van der Waals surface area contributed by atoms with Crippen LogP contribution in [0.25, 0.3) is 0 Å². The van der Waals surface area contributed by atoms with E-state index in [0.717, 1.165) is 12.0 Å². The Morgan fingerprint density at radius 3 is 2.75 bits per heavy atom. The average molecular weight is 301 g/mol. The van der Waals surface area contributed by atoms with Crippen LogP contribution in [0.2, 0.25) is 5.02 Å². The lowest BCUT2D eigenvalue weighted by molar-refractivity contribution is -0.127. The van der Waals surface area contributed by atoms with Crippen molar-refractivity contribution in [2.24, 2.45) is 5.73 Å². The lowest BCUT2D eigenvalue weighted by Gasteiger charge is -2.18. The number of carbonyl (C=O) groups excluding carboxylic acids is 1. The molecule has 0 fully saturated rings. The molecule has 1 aromatic carbocycles. The Morgan fingerprint density at radius 2 is 2.20 bits per heavy atom. The van der Waals surface area contributed by atoms with Crippen molar-refractivity contribution in [3.8, 4) is 11.5 Å². The van der Waals surface area contributed by atoms with Gasteiger partial charge in [-0.3, -0.25) is 4.79 Å². The number of benzene rings is 1. The van der Waals surface area contributed by atoms with E-state index in [4.69, 9.17) is 26.8 Å². The second-order valence-corrected chi connectivity index (χ2v) is 4.77. The predicted octanol–water partition coefficient (Wildman–Crippen LogP) is 2.10. The van der Waals surface area contributed by atoms with Crippen molar-refractivity contribution in [2.45, 2.75) is 32.9 Å². The van der Waals surface area contributed by atoms with E-state index in [1.807, 2.05) is 6.92 Å². The molecular formula is C14H21ClN2O3. The number of amides is 1. The number of hydrogen-bond donors (Lipinski definition) is 2. The Labute approximate surface area is 124 Å². The van der Waals surface area contributed by atoms with E-state index in [1.165, 1.54) is 7.11 Å². The predicted molar refractivity (Wildman–Crippen MR) is 79.3 cm³/mol. The molecule has 0 aliphatic heterocycles. The maximum Gasteiger partial charge on any atom is 0.260 e. The summed E-state index contributed by atoms with van der Waals surface area (Å²) >= 11 is 6.15. The molecule has 20 heavy (non-hydrogen) atoms. The standard InChI is InChI=1S/C14H21ClN2O3/c1-4-5-17-14(18)9(2)20-13-11(15)6-10(8-16)7-12(13)19-3/h6-7,9H,4-5,8,16H2,1-3H3,(H,17,18). The number of ether oxygens (including phenoxy) is 2. The molecular weight excluding hydrogens is 280 g/mol. The van der Waals surface area contributed by atoms with Crippen LogP contribution in [0.5, 0.6) is 11.5 Å². The molecule has 0 heterocycles. The molecule has 0 radical (unpaired) electrons. The molecule has 3 N–H and O–H groups in total. The number of nitrogens with one attached hydrogen (secondary N) is 1. The van der Waals surface area contributed by atoms with Gasteiger partial charge < -0.3 is 20.5 Å². The molecule has 0 spiro atoms.